The van der Waals surface area contributed by atoms with Crippen molar-refractivity contribution in [3.05, 3.63) is 0 Å². The molecule has 19 heavy (non-hydrogen) atoms. The van der Waals surface area contributed by atoms with E-state index in [1.807, 2.05) is 0 Å². The summed E-state index contributed by atoms with van der Waals surface area (Å²) in [6.45, 7) is 3.86. The third kappa shape index (κ3) is 7.68. The van der Waals surface area contributed by atoms with E-state index in [1.165, 1.54) is 25.7 Å². The SMILES string of the molecule is CCCC(CCN)CCC(=O)CCCC1CCCO1. The van der Waals surface area contributed by atoms with E-state index < -0.39 is 0 Å². The van der Waals surface area contributed by atoms with Gasteiger partial charge in [-0.15, -0.1) is 0 Å². The lowest BCUT2D eigenvalue weighted by Gasteiger charge is -2.14. The number of hydrogen-bond acceptors (Lipinski definition) is 3. The van der Waals surface area contributed by atoms with Crippen LogP contribution in [0.5, 0.6) is 0 Å². The van der Waals surface area contributed by atoms with Crippen LogP contribution in [-0.2, 0) is 9.53 Å². The first-order chi connectivity index (χ1) is 9.26. The zero-order chi connectivity index (χ0) is 13.9. The molecule has 2 unspecified atom stereocenters. The molecule has 3 nitrogen and oxygen atoms in total. The lowest BCUT2D eigenvalue weighted by atomic mass is 9.92. The Morgan fingerprint density at radius 3 is 2.79 bits per heavy atom. The maximum atomic E-state index is 11.9. The Morgan fingerprint density at radius 2 is 2.16 bits per heavy atom. The van der Waals surface area contributed by atoms with Gasteiger partial charge in [0.1, 0.15) is 5.78 Å². The van der Waals surface area contributed by atoms with E-state index in [2.05, 4.69) is 6.92 Å². The van der Waals surface area contributed by atoms with E-state index in [-0.39, 0.29) is 0 Å². The van der Waals surface area contributed by atoms with Gasteiger partial charge in [-0.1, -0.05) is 19.8 Å². The zero-order valence-electron chi connectivity index (χ0n) is 12.5. The number of carbonyl (C=O) groups excluding carboxylic acids is 1. The Labute approximate surface area is 118 Å². The van der Waals surface area contributed by atoms with Crippen molar-refractivity contribution in [3.63, 3.8) is 0 Å². The molecule has 2 atom stereocenters. The average molecular weight is 269 g/mol. The first-order valence-corrected chi connectivity index (χ1v) is 8.09. The second-order valence-corrected chi connectivity index (χ2v) is 5.84. The topological polar surface area (TPSA) is 52.3 Å². The predicted molar refractivity (Wildman–Crippen MR) is 79.1 cm³/mol. The Bertz CT molecular complexity index is 231. The van der Waals surface area contributed by atoms with Crippen LogP contribution in [0.15, 0.2) is 0 Å². The minimum Gasteiger partial charge on any atom is -0.378 e. The predicted octanol–water partition coefficient (Wildman–Crippen LogP) is 3.45. The monoisotopic (exact) mass is 269 g/mol. The summed E-state index contributed by atoms with van der Waals surface area (Å²) in [6.07, 6.45) is 10.8. The van der Waals surface area contributed by atoms with Crippen LogP contribution in [0.4, 0.5) is 0 Å². The highest BCUT2D eigenvalue weighted by atomic mass is 16.5. The van der Waals surface area contributed by atoms with E-state index in [0.29, 0.717) is 17.8 Å². The lowest BCUT2D eigenvalue weighted by Crippen LogP contribution is -2.11. The third-order valence-electron chi connectivity index (χ3n) is 4.11. The average Bonchev–Trinajstić information content (AvgIpc) is 2.90. The summed E-state index contributed by atoms with van der Waals surface area (Å²) in [5.74, 6) is 1.08. The summed E-state index contributed by atoms with van der Waals surface area (Å²) in [7, 11) is 0. The number of nitrogens with two attached hydrogens (primary N) is 1. The molecule has 0 radical (unpaired) electrons. The van der Waals surface area contributed by atoms with Gasteiger partial charge in [0.05, 0.1) is 6.10 Å². The molecule has 1 fully saturated rings. The summed E-state index contributed by atoms with van der Waals surface area (Å²) in [4.78, 5) is 11.9. The minimum absolute atomic E-state index is 0.427. The standard InChI is InChI=1S/C16H31NO2/c1-2-5-14(11-12-17)9-10-15(18)6-3-7-16-8-4-13-19-16/h14,16H,2-13,17H2,1H3. The number of rotatable bonds is 11. The van der Waals surface area contributed by atoms with Crippen molar-refractivity contribution in [1.82, 2.24) is 0 Å². The quantitative estimate of drug-likeness (QED) is 0.625. The molecule has 1 aliphatic heterocycles. The fourth-order valence-corrected chi connectivity index (χ4v) is 2.97. The van der Waals surface area contributed by atoms with Crippen molar-refractivity contribution in [2.75, 3.05) is 13.2 Å². The molecular formula is C16H31NO2. The number of hydrogen-bond donors (Lipinski definition) is 1. The molecule has 0 aliphatic carbocycles. The first-order valence-electron chi connectivity index (χ1n) is 8.09. The molecule has 1 aliphatic rings. The van der Waals surface area contributed by atoms with Gasteiger partial charge >= 0.3 is 0 Å². The highest BCUT2D eigenvalue weighted by Gasteiger charge is 2.16. The highest BCUT2D eigenvalue weighted by molar-refractivity contribution is 5.78. The van der Waals surface area contributed by atoms with Crippen molar-refractivity contribution < 1.29 is 9.53 Å². The van der Waals surface area contributed by atoms with E-state index >= 15 is 0 Å². The number of Topliss-reactive ketones (excluding diaryl/α,β-unsaturated/α-hetero) is 1. The van der Waals surface area contributed by atoms with Crippen molar-refractivity contribution in [1.29, 1.82) is 0 Å². The summed E-state index contributed by atoms with van der Waals surface area (Å²) >= 11 is 0. The molecule has 2 N–H and O–H groups in total. The Morgan fingerprint density at radius 1 is 1.32 bits per heavy atom. The first kappa shape index (κ1) is 16.6. The number of ketones is 1. The molecule has 112 valence electrons. The van der Waals surface area contributed by atoms with Crippen LogP contribution < -0.4 is 5.73 Å². The van der Waals surface area contributed by atoms with E-state index in [4.69, 9.17) is 10.5 Å². The summed E-state index contributed by atoms with van der Waals surface area (Å²) in [5.41, 5.74) is 5.62. The molecule has 1 saturated heterocycles. The van der Waals surface area contributed by atoms with Gasteiger partial charge in [0.2, 0.25) is 0 Å². The maximum absolute atomic E-state index is 11.9. The summed E-state index contributed by atoms with van der Waals surface area (Å²) in [5, 5.41) is 0. The molecule has 0 aromatic rings. The third-order valence-corrected chi connectivity index (χ3v) is 4.11. The van der Waals surface area contributed by atoms with Crippen LogP contribution in [0.3, 0.4) is 0 Å². The summed E-state index contributed by atoms with van der Waals surface area (Å²) in [6, 6.07) is 0. The van der Waals surface area contributed by atoms with Gasteiger partial charge in [0, 0.05) is 19.4 Å². The van der Waals surface area contributed by atoms with Crippen LogP contribution in [0.2, 0.25) is 0 Å². The molecule has 1 heterocycles. The largest absolute Gasteiger partial charge is 0.378 e. The smallest absolute Gasteiger partial charge is 0.132 e. The van der Waals surface area contributed by atoms with Gasteiger partial charge in [-0.25, -0.2) is 0 Å². The normalized spacial score (nSPS) is 20.6. The van der Waals surface area contributed by atoms with Crippen LogP contribution in [0.1, 0.15) is 71.1 Å². The lowest BCUT2D eigenvalue weighted by molar-refractivity contribution is -0.119. The van der Waals surface area contributed by atoms with E-state index in [9.17, 15) is 4.79 Å². The fourth-order valence-electron chi connectivity index (χ4n) is 2.97. The molecule has 0 aromatic carbocycles. The second kappa shape index (κ2) is 10.4. The van der Waals surface area contributed by atoms with Gasteiger partial charge < -0.3 is 10.5 Å². The molecule has 0 spiro atoms. The van der Waals surface area contributed by atoms with Crippen molar-refractivity contribution in [2.24, 2.45) is 11.7 Å². The van der Waals surface area contributed by atoms with Crippen molar-refractivity contribution in [2.45, 2.75) is 77.2 Å². The Balaban J connectivity index is 2.05. The Hall–Kier alpha value is -0.410. The van der Waals surface area contributed by atoms with Gasteiger partial charge in [0.25, 0.3) is 0 Å². The van der Waals surface area contributed by atoms with Gasteiger partial charge in [0.15, 0.2) is 0 Å². The summed E-state index contributed by atoms with van der Waals surface area (Å²) < 4.78 is 5.57. The molecular weight excluding hydrogens is 238 g/mol. The van der Waals surface area contributed by atoms with E-state index in [0.717, 1.165) is 51.7 Å². The van der Waals surface area contributed by atoms with Gasteiger partial charge in [-0.05, 0) is 51.0 Å². The number of ether oxygens (including phenoxy) is 1. The van der Waals surface area contributed by atoms with Crippen LogP contribution in [0.25, 0.3) is 0 Å². The van der Waals surface area contributed by atoms with Crippen molar-refractivity contribution in [3.8, 4) is 0 Å². The molecule has 0 bridgehead atoms. The maximum Gasteiger partial charge on any atom is 0.132 e. The van der Waals surface area contributed by atoms with Gasteiger partial charge in [-0.3, -0.25) is 4.79 Å². The fraction of sp³-hybridized carbons (Fsp3) is 0.938. The van der Waals surface area contributed by atoms with Crippen LogP contribution in [-0.4, -0.2) is 25.0 Å². The van der Waals surface area contributed by atoms with Crippen LogP contribution in [0, 0.1) is 5.92 Å². The van der Waals surface area contributed by atoms with Crippen molar-refractivity contribution >= 4 is 5.78 Å². The van der Waals surface area contributed by atoms with Crippen LogP contribution >= 0.6 is 0 Å². The Kier molecular flexibility index (Phi) is 9.10. The second-order valence-electron chi connectivity index (χ2n) is 5.84. The number of carbonyl (C=O) groups is 1. The zero-order valence-corrected chi connectivity index (χ0v) is 12.5. The minimum atomic E-state index is 0.427. The van der Waals surface area contributed by atoms with Gasteiger partial charge in [-0.2, -0.15) is 0 Å². The molecule has 3 heteroatoms. The highest BCUT2D eigenvalue weighted by Crippen LogP contribution is 2.20. The molecule has 0 saturated carbocycles. The molecule has 0 amide bonds. The van der Waals surface area contributed by atoms with E-state index in [1.54, 1.807) is 0 Å². The molecule has 1 rings (SSSR count). The molecule has 0 aromatic heterocycles.